The van der Waals surface area contributed by atoms with Crippen LogP contribution in [0.2, 0.25) is 0 Å². The highest BCUT2D eigenvalue weighted by Crippen LogP contribution is 2.22. The second kappa shape index (κ2) is 29.9. The van der Waals surface area contributed by atoms with E-state index < -0.39 is 108 Å². The number of esters is 1. The van der Waals surface area contributed by atoms with E-state index in [1.807, 2.05) is 30.3 Å². The number of hydrogen-bond acceptors (Lipinski definition) is 12. The van der Waals surface area contributed by atoms with E-state index in [9.17, 15) is 43.5 Å². The lowest BCUT2D eigenvalue weighted by atomic mass is 9.96. The maximum absolute atomic E-state index is 15.1. The number of aliphatic hydroxyl groups excluding tert-OH is 1. The Labute approximate surface area is 412 Å². The fourth-order valence-electron chi connectivity index (χ4n) is 6.75. The lowest BCUT2D eigenvalue weighted by Crippen LogP contribution is -2.62. The lowest BCUT2D eigenvalue weighted by Gasteiger charge is -2.31. The Morgan fingerprint density at radius 3 is 1.69 bits per heavy atom. The summed E-state index contributed by atoms with van der Waals surface area (Å²) in [6.07, 6.45) is -3.15. The molecule has 1 unspecified atom stereocenters. The minimum absolute atomic E-state index is 0.00191. The van der Waals surface area contributed by atoms with Crippen LogP contribution >= 0.6 is 0 Å². The molecule has 7 amide bonds. The van der Waals surface area contributed by atoms with Gasteiger partial charge in [-0.15, -0.1) is 0 Å². The number of alkyl halides is 2. The Kier molecular flexibility index (Phi) is 24.6. The van der Waals surface area contributed by atoms with Crippen LogP contribution in [0.25, 0.3) is 0 Å². The van der Waals surface area contributed by atoms with E-state index >= 15 is 8.78 Å². The molecule has 0 fully saturated rings. The first kappa shape index (κ1) is 58.3. The zero-order valence-electron chi connectivity index (χ0n) is 40.8. The van der Waals surface area contributed by atoms with Crippen molar-refractivity contribution >= 4 is 47.5 Å². The van der Waals surface area contributed by atoms with Gasteiger partial charge in [0.1, 0.15) is 50.0 Å². The molecular weight excluding hydrogens is 929 g/mol. The Bertz CT molecular complexity index is 2190. The van der Waals surface area contributed by atoms with Crippen LogP contribution in [-0.4, -0.2) is 114 Å². The number of nitrogens with one attached hydrogen (secondary N) is 7. The Hall–Kier alpha value is -7.00. The summed E-state index contributed by atoms with van der Waals surface area (Å²) in [4.78, 5) is 104. The van der Waals surface area contributed by atoms with Crippen LogP contribution in [0.15, 0.2) is 91.0 Å². The average molecular weight is 996 g/mol. The first-order valence-corrected chi connectivity index (χ1v) is 23.4. The lowest BCUT2D eigenvalue weighted by molar-refractivity contribution is -0.168. The highest BCUT2D eigenvalue weighted by atomic mass is 19.3. The van der Waals surface area contributed by atoms with Crippen molar-refractivity contribution < 1.29 is 66.5 Å². The molecule has 0 aliphatic rings. The molecule has 388 valence electrons. The van der Waals surface area contributed by atoms with Gasteiger partial charge in [-0.05, 0) is 62.6 Å². The molecule has 0 bridgehead atoms. The third kappa shape index (κ3) is 20.5. The first-order valence-electron chi connectivity index (χ1n) is 23.4. The molecule has 0 saturated carbocycles. The van der Waals surface area contributed by atoms with Gasteiger partial charge in [0.2, 0.25) is 29.5 Å². The van der Waals surface area contributed by atoms with Crippen molar-refractivity contribution in [3.8, 4) is 0 Å². The number of halogens is 2. The van der Waals surface area contributed by atoms with Gasteiger partial charge in [-0.3, -0.25) is 33.6 Å². The number of ether oxygens (including phenoxy) is 3. The maximum Gasteiger partial charge on any atom is 0.407 e. The summed E-state index contributed by atoms with van der Waals surface area (Å²) in [5.41, 5.74) is 2.17. The molecule has 3 aromatic rings. The summed E-state index contributed by atoms with van der Waals surface area (Å²) in [5.74, 6) is -12.0. The molecule has 3 aromatic carbocycles. The molecule has 71 heavy (non-hydrogen) atoms. The second-order valence-electron chi connectivity index (χ2n) is 17.0. The fourth-order valence-corrected chi connectivity index (χ4v) is 6.75. The van der Waals surface area contributed by atoms with Crippen LogP contribution in [0.1, 0.15) is 83.9 Å². The molecule has 21 heteroatoms. The van der Waals surface area contributed by atoms with Crippen LogP contribution in [0.3, 0.4) is 0 Å². The van der Waals surface area contributed by atoms with Gasteiger partial charge in [0, 0.05) is 13.5 Å². The third-order valence-corrected chi connectivity index (χ3v) is 11.2. The van der Waals surface area contributed by atoms with Crippen LogP contribution < -0.4 is 37.2 Å². The number of carbonyl (C=O) groups is 8. The predicted molar refractivity (Wildman–Crippen MR) is 256 cm³/mol. The number of carbonyl (C=O) groups excluding carboxylic acids is 8. The van der Waals surface area contributed by atoms with Crippen molar-refractivity contribution in [2.45, 2.75) is 135 Å². The van der Waals surface area contributed by atoms with E-state index in [-0.39, 0.29) is 32.8 Å². The summed E-state index contributed by atoms with van der Waals surface area (Å²) in [6.45, 7) is 7.63. The minimum Gasteiger partial charge on any atom is -0.460 e. The Morgan fingerprint density at radius 1 is 0.620 bits per heavy atom. The Morgan fingerprint density at radius 2 is 1.14 bits per heavy atom. The van der Waals surface area contributed by atoms with Gasteiger partial charge in [-0.1, -0.05) is 111 Å². The van der Waals surface area contributed by atoms with Crippen molar-refractivity contribution in [3.05, 3.63) is 108 Å². The van der Waals surface area contributed by atoms with E-state index in [1.165, 1.54) is 20.8 Å². The molecule has 0 aromatic heterocycles. The van der Waals surface area contributed by atoms with E-state index in [0.717, 1.165) is 18.1 Å². The quantitative estimate of drug-likeness (QED) is 0.0369. The van der Waals surface area contributed by atoms with Gasteiger partial charge in [-0.25, -0.2) is 4.79 Å². The highest BCUT2D eigenvalue weighted by molar-refractivity contribution is 5.96. The summed E-state index contributed by atoms with van der Waals surface area (Å²) in [6, 6.07) is 19.4. The van der Waals surface area contributed by atoms with E-state index in [2.05, 4.69) is 31.9 Å². The predicted octanol–water partition coefficient (Wildman–Crippen LogP) is 3.07. The van der Waals surface area contributed by atoms with E-state index in [0.29, 0.717) is 24.8 Å². The number of rotatable bonds is 29. The zero-order valence-corrected chi connectivity index (χ0v) is 40.8. The number of amides is 7. The van der Waals surface area contributed by atoms with Gasteiger partial charge < -0.3 is 56.5 Å². The Balaban J connectivity index is 1.65. The number of alkyl carbamates (subject to hydrolysis) is 1. The summed E-state index contributed by atoms with van der Waals surface area (Å²) in [5, 5.41) is 27.4. The number of aliphatic hydroxyl groups is 1. The van der Waals surface area contributed by atoms with Gasteiger partial charge in [-0.2, -0.15) is 8.78 Å². The van der Waals surface area contributed by atoms with Crippen LogP contribution in [0.4, 0.5) is 13.6 Å². The van der Waals surface area contributed by atoms with Gasteiger partial charge >= 0.3 is 18.0 Å². The van der Waals surface area contributed by atoms with Crippen LogP contribution in [-0.2, 0) is 67.6 Å². The van der Waals surface area contributed by atoms with Crippen molar-refractivity contribution in [3.63, 3.8) is 0 Å². The standard InChI is InChI=1S/C50H67F2N7O12/c1-7-31(2)41(58-45(64)39(57-35(6)60)25-17-18-26-53-49(68)71-30-38-23-15-10-16-24-38)46(65)59-42(34(5)69-28-36-19-11-8-12-20-36)47(66)56-33(4)44(63)55-32(3)43(62)50(51,52)48(67)54-27-40(61)70-29-37-21-13-9-14-22-37/h8-16,19-24,31-34,39,41-43,62H,7,17-18,25-30H2,1-6H3,(H,53,68)(H,54,67)(H,55,63)(H,56,66)(H,57,60)(H,58,64)(H,59,65)/t31-,32-,33-,34+,39-,41-,42-,43?/m0/s1. The normalized spacial score (nSPS) is 14.5. The summed E-state index contributed by atoms with van der Waals surface area (Å²) >= 11 is 0. The van der Waals surface area contributed by atoms with E-state index in [1.54, 1.807) is 79.8 Å². The molecule has 8 N–H and O–H groups in total. The molecular formula is C50H67F2N7O12. The largest absolute Gasteiger partial charge is 0.460 e. The number of benzene rings is 3. The number of unbranched alkanes of at least 4 members (excludes halogenated alkanes) is 1. The smallest absolute Gasteiger partial charge is 0.407 e. The zero-order chi connectivity index (χ0) is 52.5. The second-order valence-corrected chi connectivity index (χ2v) is 17.0. The molecule has 0 aliphatic carbocycles. The number of hydrogen-bond donors (Lipinski definition) is 8. The van der Waals surface area contributed by atoms with Crippen LogP contribution in [0, 0.1) is 5.92 Å². The SMILES string of the molecule is CC[C@H](C)[C@H](NC(=O)[C@H](CCCCNC(=O)OCc1ccccc1)NC(C)=O)C(=O)N[C@H](C(=O)N[C@@H](C)C(=O)N[C@@H](C)C(O)C(F)(F)C(=O)NCC(=O)OCc1ccccc1)[C@@H](C)OCc1ccccc1. The van der Waals surface area contributed by atoms with Gasteiger partial charge in [0.05, 0.1) is 18.8 Å². The molecule has 0 spiro atoms. The summed E-state index contributed by atoms with van der Waals surface area (Å²) in [7, 11) is 0. The monoisotopic (exact) mass is 995 g/mol. The van der Waals surface area contributed by atoms with Crippen LogP contribution in [0.5, 0.6) is 0 Å². The molecule has 0 aliphatic heterocycles. The summed E-state index contributed by atoms with van der Waals surface area (Å²) < 4.78 is 46.3. The molecule has 8 atom stereocenters. The van der Waals surface area contributed by atoms with Crippen molar-refractivity contribution in [1.29, 1.82) is 0 Å². The molecule has 3 rings (SSSR count). The van der Waals surface area contributed by atoms with Crippen molar-refractivity contribution in [1.82, 2.24) is 37.2 Å². The molecule has 0 radical (unpaired) electrons. The average Bonchev–Trinajstić information content (AvgIpc) is 3.36. The van der Waals surface area contributed by atoms with Gasteiger partial charge in [0.25, 0.3) is 5.91 Å². The molecule has 19 nitrogen and oxygen atoms in total. The van der Waals surface area contributed by atoms with E-state index in [4.69, 9.17) is 14.2 Å². The molecule has 0 saturated heterocycles. The maximum atomic E-state index is 15.1. The highest BCUT2D eigenvalue weighted by Gasteiger charge is 2.49. The van der Waals surface area contributed by atoms with Crippen molar-refractivity contribution in [2.24, 2.45) is 5.92 Å². The van der Waals surface area contributed by atoms with Crippen molar-refractivity contribution in [2.75, 3.05) is 13.1 Å². The topological polar surface area (TPSA) is 269 Å². The fraction of sp³-hybridized carbons (Fsp3) is 0.480. The molecule has 0 heterocycles. The first-order chi connectivity index (χ1) is 33.7. The third-order valence-electron chi connectivity index (χ3n) is 11.2. The minimum atomic E-state index is -4.50. The van der Waals surface area contributed by atoms with Gasteiger partial charge in [0.15, 0.2) is 0 Å².